The Bertz CT molecular complexity index is 1310. The van der Waals surface area contributed by atoms with E-state index in [0.29, 0.717) is 55.7 Å². The van der Waals surface area contributed by atoms with Gasteiger partial charge in [0.1, 0.15) is 17.2 Å². The number of piperidine rings is 1. The number of carbonyl (C=O) groups excluding carboxylic acids is 1. The molecule has 1 saturated heterocycles. The number of aromatic amines is 1. The number of hydrogen-bond acceptors (Lipinski definition) is 5. The Morgan fingerprint density at radius 3 is 2.56 bits per heavy atom. The van der Waals surface area contributed by atoms with Gasteiger partial charge in [0.25, 0.3) is 5.91 Å². The van der Waals surface area contributed by atoms with Crippen LogP contribution in [0.2, 0.25) is 0 Å². The molecule has 0 radical (unpaired) electrons. The SMILES string of the molecule is O=C(c1ccc(OC(F)(F)F)cc1)N1CCC(c2c(F)cnc3[nH]c4c(c23)C/C(=N/O)CCC4)CC1. The lowest BCUT2D eigenvalue weighted by Crippen LogP contribution is -2.38. The monoisotopic (exact) mass is 504 g/mol. The number of nitrogens with zero attached hydrogens (tertiary/aromatic N) is 3. The van der Waals surface area contributed by atoms with Gasteiger partial charge in [-0.2, -0.15) is 0 Å². The Morgan fingerprint density at radius 1 is 1.17 bits per heavy atom. The summed E-state index contributed by atoms with van der Waals surface area (Å²) in [5.41, 5.74) is 3.97. The van der Waals surface area contributed by atoms with Gasteiger partial charge in [0.2, 0.25) is 0 Å². The third-order valence-corrected chi connectivity index (χ3v) is 6.95. The van der Waals surface area contributed by atoms with Gasteiger partial charge in [0, 0.05) is 41.7 Å². The van der Waals surface area contributed by atoms with E-state index in [1.165, 1.54) is 18.3 Å². The average molecular weight is 504 g/mol. The average Bonchev–Trinajstić information content (AvgIpc) is 3.06. The number of amides is 1. The first-order valence-corrected chi connectivity index (χ1v) is 11.8. The fraction of sp³-hybridized carbons (Fsp3) is 0.400. The van der Waals surface area contributed by atoms with Crippen LogP contribution in [0.1, 0.15) is 58.8 Å². The molecule has 2 aliphatic rings. The molecule has 1 fully saturated rings. The van der Waals surface area contributed by atoms with Gasteiger partial charge in [-0.3, -0.25) is 4.79 Å². The third kappa shape index (κ3) is 4.74. The number of rotatable bonds is 3. The summed E-state index contributed by atoms with van der Waals surface area (Å²) in [5.74, 6) is -1.23. The lowest BCUT2D eigenvalue weighted by Gasteiger charge is -2.33. The molecule has 0 bridgehead atoms. The second-order valence-corrected chi connectivity index (χ2v) is 9.16. The molecule has 1 aliphatic carbocycles. The molecule has 1 aromatic carbocycles. The fourth-order valence-corrected chi connectivity index (χ4v) is 5.28. The maximum absolute atomic E-state index is 15.2. The summed E-state index contributed by atoms with van der Waals surface area (Å²) >= 11 is 0. The van der Waals surface area contributed by atoms with E-state index in [2.05, 4.69) is 19.9 Å². The van der Waals surface area contributed by atoms with Crippen molar-refractivity contribution in [2.24, 2.45) is 5.16 Å². The number of aryl methyl sites for hydroxylation is 1. The first kappa shape index (κ1) is 24.1. The fourth-order valence-electron chi connectivity index (χ4n) is 5.28. The van der Waals surface area contributed by atoms with Gasteiger partial charge >= 0.3 is 6.36 Å². The van der Waals surface area contributed by atoms with Crippen LogP contribution < -0.4 is 4.74 Å². The zero-order valence-corrected chi connectivity index (χ0v) is 19.2. The largest absolute Gasteiger partial charge is 0.573 e. The van der Waals surface area contributed by atoms with E-state index in [4.69, 9.17) is 0 Å². The molecule has 0 saturated carbocycles. The summed E-state index contributed by atoms with van der Waals surface area (Å²) in [6.45, 7) is 0.757. The molecule has 0 atom stereocenters. The van der Waals surface area contributed by atoms with E-state index in [0.717, 1.165) is 41.6 Å². The summed E-state index contributed by atoms with van der Waals surface area (Å²) in [6.07, 6.45) is 0.141. The second-order valence-electron chi connectivity index (χ2n) is 9.16. The smallest absolute Gasteiger partial charge is 0.411 e. The number of benzene rings is 1. The summed E-state index contributed by atoms with van der Waals surface area (Å²) in [7, 11) is 0. The highest BCUT2D eigenvalue weighted by Crippen LogP contribution is 2.38. The Hall–Kier alpha value is -3.63. The number of likely N-dealkylation sites (tertiary alicyclic amines) is 1. The van der Waals surface area contributed by atoms with Crippen molar-refractivity contribution in [3.05, 3.63) is 58.7 Å². The lowest BCUT2D eigenvalue weighted by atomic mass is 9.86. The number of fused-ring (bicyclic) bond motifs is 3. The Balaban J connectivity index is 1.35. The molecule has 2 N–H and O–H groups in total. The molecule has 1 amide bonds. The van der Waals surface area contributed by atoms with Gasteiger partial charge in [-0.1, -0.05) is 5.16 Å². The van der Waals surface area contributed by atoms with Crippen molar-refractivity contribution in [2.45, 2.75) is 50.8 Å². The van der Waals surface area contributed by atoms with E-state index in [1.807, 2.05) is 0 Å². The van der Waals surface area contributed by atoms with E-state index >= 15 is 4.39 Å². The van der Waals surface area contributed by atoms with Crippen LogP contribution in [-0.4, -0.2) is 51.1 Å². The van der Waals surface area contributed by atoms with Crippen molar-refractivity contribution in [3.63, 3.8) is 0 Å². The Morgan fingerprint density at radius 2 is 1.89 bits per heavy atom. The summed E-state index contributed by atoms with van der Waals surface area (Å²) in [5, 5.41) is 13.5. The standard InChI is InChI=1S/C25H24F4N4O3/c26-19-13-30-23-22(18-12-16(32-35)2-1-3-20(18)31-23)21(19)14-8-10-33(11-9-14)24(34)15-4-6-17(7-5-15)36-25(27,28)29/h4-7,13-14,35H,1-3,8-12H2,(H,30,31)/b32-16+. The maximum atomic E-state index is 15.2. The van der Waals surface area contributed by atoms with Crippen LogP contribution in [0.25, 0.3) is 11.0 Å². The second kappa shape index (κ2) is 9.44. The van der Waals surface area contributed by atoms with Crippen molar-refractivity contribution in [2.75, 3.05) is 13.1 Å². The van der Waals surface area contributed by atoms with E-state index in [9.17, 15) is 23.2 Å². The van der Waals surface area contributed by atoms with Crippen LogP contribution in [0, 0.1) is 5.82 Å². The highest BCUT2D eigenvalue weighted by molar-refractivity contribution is 5.95. The van der Waals surface area contributed by atoms with Crippen LogP contribution in [0.3, 0.4) is 0 Å². The van der Waals surface area contributed by atoms with E-state index in [-0.39, 0.29) is 17.4 Å². The quantitative estimate of drug-likeness (QED) is 0.218. The summed E-state index contributed by atoms with van der Waals surface area (Å²) in [6, 6.07) is 4.82. The van der Waals surface area contributed by atoms with Crippen molar-refractivity contribution >= 4 is 22.7 Å². The lowest BCUT2D eigenvalue weighted by molar-refractivity contribution is -0.274. The predicted octanol–water partition coefficient (Wildman–Crippen LogP) is 5.33. The topological polar surface area (TPSA) is 90.8 Å². The number of carbonyl (C=O) groups is 1. The zero-order valence-electron chi connectivity index (χ0n) is 19.2. The minimum Gasteiger partial charge on any atom is -0.411 e. The number of pyridine rings is 1. The Labute approximate surface area is 203 Å². The highest BCUT2D eigenvalue weighted by Gasteiger charge is 2.32. The number of alkyl halides is 3. The zero-order chi connectivity index (χ0) is 25.4. The minimum atomic E-state index is -4.80. The molecule has 2 aromatic heterocycles. The van der Waals surface area contributed by atoms with Gasteiger partial charge in [-0.25, -0.2) is 9.37 Å². The molecule has 5 rings (SSSR count). The van der Waals surface area contributed by atoms with E-state index in [1.54, 1.807) is 4.90 Å². The number of hydrogen-bond donors (Lipinski definition) is 2. The molecule has 36 heavy (non-hydrogen) atoms. The van der Waals surface area contributed by atoms with Crippen molar-refractivity contribution in [1.29, 1.82) is 0 Å². The number of aromatic nitrogens is 2. The molecule has 3 aromatic rings. The highest BCUT2D eigenvalue weighted by atomic mass is 19.4. The van der Waals surface area contributed by atoms with Crippen molar-refractivity contribution in [3.8, 4) is 5.75 Å². The van der Waals surface area contributed by atoms with Gasteiger partial charge < -0.3 is 19.8 Å². The van der Waals surface area contributed by atoms with E-state index < -0.39 is 17.9 Å². The van der Waals surface area contributed by atoms with Crippen molar-refractivity contribution < 1.29 is 32.3 Å². The molecule has 11 heteroatoms. The summed E-state index contributed by atoms with van der Waals surface area (Å²) in [4.78, 5) is 22.1. The molecule has 1 aliphatic heterocycles. The first-order chi connectivity index (χ1) is 17.2. The molecular weight excluding hydrogens is 480 g/mol. The Kier molecular flexibility index (Phi) is 6.31. The van der Waals surface area contributed by atoms with Gasteiger partial charge in [-0.05, 0) is 67.9 Å². The van der Waals surface area contributed by atoms with Gasteiger partial charge in [-0.15, -0.1) is 13.2 Å². The molecule has 0 unspecified atom stereocenters. The minimum absolute atomic E-state index is 0.139. The van der Waals surface area contributed by atoms with Crippen molar-refractivity contribution in [1.82, 2.24) is 14.9 Å². The molecule has 7 nitrogen and oxygen atoms in total. The third-order valence-electron chi connectivity index (χ3n) is 6.95. The van der Waals surface area contributed by atoms with Crippen LogP contribution in [0.4, 0.5) is 17.6 Å². The number of ether oxygens (including phenoxy) is 1. The van der Waals surface area contributed by atoms with Crippen LogP contribution >= 0.6 is 0 Å². The van der Waals surface area contributed by atoms with Gasteiger partial charge in [0.05, 0.1) is 11.9 Å². The molecule has 3 heterocycles. The molecule has 0 spiro atoms. The predicted molar refractivity (Wildman–Crippen MR) is 123 cm³/mol. The molecule has 190 valence electrons. The maximum Gasteiger partial charge on any atom is 0.573 e. The van der Waals surface area contributed by atoms with Crippen LogP contribution in [0.15, 0.2) is 35.6 Å². The first-order valence-electron chi connectivity index (χ1n) is 11.8. The van der Waals surface area contributed by atoms with Crippen LogP contribution in [0.5, 0.6) is 5.75 Å². The number of H-pyrrole nitrogens is 1. The van der Waals surface area contributed by atoms with Gasteiger partial charge in [0.15, 0.2) is 0 Å². The molecular formula is C25H24F4N4O3. The van der Waals surface area contributed by atoms with Crippen LogP contribution in [-0.2, 0) is 12.8 Å². The number of oxime groups is 1. The number of nitrogens with one attached hydrogen (secondary N) is 1. The number of halogens is 4. The summed E-state index contributed by atoms with van der Waals surface area (Å²) < 4.78 is 56.2. The normalized spacial score (nSPS) is 18.3.